The first-order valence-corrected chi connectivity index (χ1v) is 5.64. The lowest BCUT2D eigenvalue weighted by atomic mass is 9.99. The number of hydrogen-bond donors (Lipinski definition) is 4. The van der Waals surface area contributed by atoms with Crippen molar-refractivity contribution in [1.29, 1.82) is 0 Å². The van der Waals surface area contributed by atoms with Crippen molar-refractivity contribution in [3.8, 4) is 34.1 Å². The Balaban J connectivity index is 2.90. The molecule has 2 aromatic rings. The molecule has 2 aromatic carbocycles. The van der Waals surface area contributed by atoms with E-state index in [1.54, 1.807) is 0 Å². The van der Waals surface area contributed by atoms with E-state index < -0.39 is 55.3 Å². The monoisotopic (exact) mass is 308 g/mol. The Labute approximate surface area is 121 Å². The summed E-state index contributed by atoms with van der Waals surface area (Å²) < 4.78 is 0. The maximum Gasteiger partial charge on any atom is 0.281 e. The fraction of sp³-hybridized carbons (Fsp3) is 0. The zero-order valence-corrected chi connectivity index (χ0v) is 10.6. The van der Waals surface area contributed by atoms with E-state index in [0.717, 1.165) is 18.2 Å². The molecule has 2 rings (SSSR count). The van der Waals surface area contributed by atoms with Crippen LogP contribution in [0.1, 0.15) is 0 Å². The Kier molecular flexibility index (Phi) is 3.43. The maximum absolute atomic E-state index is 11.0. The van der Waals surface area contributed by atoms with Gasteiger partial charge in [0, 0.05) is 17.7 Å². The molecule has 0 amide bonds. The van der Waals surface area contributed by atoms with Gasteiger partial charge in [-0.2, -0.15) is 0 Å². The lowest BCUT2D eigenvalue weighted by molar-refractivity contribution is -0.385. The van der Waals surface area contributed by atoms with E-state index in [2.05, 4.69) is 0 Å². The van der Waals surface area contributed by atoms with Crippen molar-refractivity contribution in [2.24, 2.45) is 0 Å². The van der Waals surface area contributed by atoms with Crippen LogP contribution in [0, 0.1) is 20.2 Å². The van der Waals surface area contributed by atoms with Gasteiger partial charge >= 0.3 is 0 Å². The lowest BCUT2D eigenvalue weighted by Crippen LogP contribution is -1.95. The van der Waals surface area contributed by atoms with Crippen LogP contribution >= 0.6 is 0 Å². The maximum atomic E-state index is 11.0. The number of phenols is 4. The highest BCUT2D eigenvalue weighted by molar-refractivity contribution is 5.87. The van der Waals surface area contributed by atoms with Gasteiger partial charge in [-0.25, -0.2) is 0 Å². The Morgan fingerprint density at radius 1 is 0.818 bits per heavy atom. The summed E-state index contributed by atoms with van der Waals surface area (Å²) in [5.74, 6) is -3.49. The average Bonchev–Trinajstić information content (AvgIpc) is 2.44. The molecule has 0 fully saturated rings. The molecule has 0 aliphatic heterocycles. The zero-order chi connectivity index (χ0) is 16.6. The molecule has 0 aliphatic carbocycles. The van der Waals surface area contributed by atoms with Crippen LogP contribution in [0.2, 0.25) is 0 Å². The number of nitro groups is 2. The molecule has 0 spiro atoms. The van der Waals surface area contributed by atoms with Crippen LogP contribution in [0.4, 0.5) is 11.4 Å². The highest BCUT2D eigenvalue weighted by Gasteiger charge is 2.27. The van der Waals surface area contributed by atoms with Crippen molar-refractivity contribution >= 4 is 11.4 Å². The molecular weight excluding hydrogens is 300 g/mol. The van der Waals surface area contributed by atoms with E-state index in [4.69, 9.17) is 0 Å². The summed E-state index contributed by atoms with van der Waals surface area (Å²) in [7, 11) is 0. The van der Waals surface area contributed by atoms with Crippen molar-refractivity contribution in [3.05, 3.63) is 44.5 Å². The molecule has 0 saturated carbocycles. The summed E-state index contributed by atoms with van der Waals surface area (Å²) in [5, 5.41) is 60.4. The van der Waals surface area contributed by atoms with Gasteiger partial charge in [0.2, 0.25) is 0 Å². The highest BCUT2D eigenvalue weighted by Crippen LogP contribution is 2.49. The minimum atomic E-state index is -0.954. The number of benzene rings is 2. The first-order chi connectivity index (χ1) is 10.2. The molecule has 0 aliphatic rings. The van der Waals surface area contributed by atoms with Gasteiger partial charge in [-0.3, -0.25) is 20.2 Å². The van der Waals surface area contributed by atoms with Crippen molar-refractivity contribution < 1.29 is 30.3 Å². The summed E-state index contributed by atoms with van der Waals surface area (Å²) >= 11 is 0. The molecule has 0 heterocycles. The minimum absolute atomic E-state index is 0.563. The first-order valence-electron chi connectivity index (χ1n) is 5.64. The SMILES string of the molecule is O=[N+]([O-])c1cc(O)c(O)c(-c2c([N+](=O)[O-])ccc(O)c2O)c1. The minimum Gasteiger partial charge on any atom is -0.504 e. The van der Waals surface area contributed by atoms with Crippen molar-refractivity contribution in [3.63, 3.8) is 0 Å². The third-order valence-corrected chi connectivity index (χ3v) is 2.89. The lowest BCUT2D eigenvalue weighted by Gasteiger charge is -2.10. The van der Waals surface area contributed by atoms with Gasteiger partial charge in [-0.15, -0.1) is 0 Å². The number of aromatic hydroxyl groups is 4. The van der Waals surface area contributed by atoms with Crippen LogP contribution in [0.5, 0.6) is 23.0 Å². The smallest absolute Gasteiger partial charge is 0.281 e. The van der Waals surface area contributed by atoms with Gasteiger partial charge in [0.1, 0.15) is 5.56 Å². The number of non-ortho nitro benzene ring substituents is 1. The van der Waals surface area contributed by atoms with Gasteiger partial charge < -0.3 is 20.4 Å². The van der Waals surface area contributed by atoms with E-state index in [-0.39, 0.29) is 0 Å². The van der Waals surface area contributed by atoms with Gasteiger partial charge in [0.15, 0.2) is 23.0 Å². The summed E-state index contributed by atoms with van der Waals surface area (Å²) in [5.41, 5.74) is -2.60. The summed E-state index contributed by atoms with van der Waals surface area (Å²) in [6.45, 7) is 0. The van der Waals surface area contributed by atoms with Gasteiger partial charge in [-0.05, 0) is 6.07 Å². The summed E-state index contributed by atoms with van der Waals surface area (Å²) in [6, 6.07) is 3.08. The largest absolute Gasteiger partial charge is 0.504 e. The number of hydrogen-bond acceptors (Lipinski definition) is 8. The second kappa shape index (κ2) is 5.09. The molecule has 0 unspecified atom stereocenters. The van der Waals surface area contributed by atoms with E-state index in [1.807, 2.05) is 0 Å². The molecule has 22 heavy (non-hydrogen) atoms. The van der Waals surface area contributed by atoms with Crippen LogP contribution < -0.4 is 0 Å². The van der Waals surface area contributed by atoms with Crippen LogP contribution in [0.3, 0.4) is 0 Å². The predicted octanol–water partition coefficient (Wildman–Crippen LogP) is 1.99. The van der Waals surface area contributed by atoms with E-state index >= 15 is 0 Å². The van der Waals surface area contributed by atoms with Crippen LogP contribution in [0.15, 0.2) is 24.3 Å². The molecule has 0 saturated heterocycles. The first kappa shape index (κ1) is 14.8. The zero-order valence-electron chi connectivity index (χ0n) is 10.6. The Hall–Kier alpha value is -3.56. The van der Waals surface area contributed by atoms with Crippen molar-refractivity contribution in [1.82, 2.24) is 0 Å². The third-order valence-electron chi connectivity index (χ3n) is 2.89. The van der Waals surface area contributed by atoms with E-state index in [0.29, 0.717) is 6.07 Å². The number of phenolic OH excluding ortho intramolecular Hbond substituents is 4. The molecule has 0 atom stereocenters. The normalized spacial score (nSPS) is 10.4. The molecule has 0 aromatic heterocycles. The quantitative estimate of drug-likeness (QED) is 0.379. The second-order valence-corrected chi connectivity index (χ2v) is 4.20. The fourth-order valence-corrected chi connectivity index (χ4v) is 1.89. The second-order valence-electron chi connectivity index (χ2n) is 4.20. The van der Waals surface area contributed by atoms with Gasteiger partial charge in [0.05, 0.1) is 15.9 Å². The van der Waals surface area contributed by atoms with Gasteiger partial charge in [-0.1, -0.05) is 0 Å². The summed E-state index contributed by atoms with van der Waals surface area (Å²) in [6.07, 6.45) is 0. The summed E-state index contributed by atoms with van der Waals surface area (Å²) in [4.78, 5) is 20.0. The van der Waals surface area contributed by atoms with Crippen molar-refractivity contribution in [2.75, 3.05) is 0 Å². The molecule has 4 N–H and O–H groups in total. The van der Waals surface area contributed by atoms with Crippen LogP contribution in [-0.4, -0.2) is 30.3 Å². The number of rotatable bonds is 3. The Morgan fingerprint density at radius 3 is 2.00 bits per heavy atom. The number of nitro benzene ring substituents is 2. The topological polar surface area (TPSA) is 167 Å². The molecule has 10 nitrogen and oxygen atoms in total. The highest BCUT2D eigenvalue weighted by atomic mass is 16.6. The van der Waals surface area contributed by atoms with E-state index in [9.17, 15) is 40.7 Å². The van der Waals surface area contributed by atoms with E-state index in [1.165, 1.54) is 0 Å². The van der Waals surface area contributed by atoms with Gasteiger partial charge in [0.25, 0.3) is 11.4 Å². The predicted molar refractivity (Wildman–Crippen MR) is 71.8 cm³/mol. The molecule has 0 bridgehead atoms. The molecular formula is C12H8N2O8. The third kappa shape index (κ3) is 2.28. The standard InChI is InChI=1S/C12H8N2O8/c15-8-2-1-7(14(21)22)10(12(8)18)6-3-5(13(19)20)4-9(16)11(6)17/h1-4,15-18H. The van der Waals surface area contributed by atoms with Crippen molar-refractivity contribution in [2.45, 2.75) is 0 Å². The average molecular weight is 308 g/mol. The fourth-order valence-electron chi connectivity index (χ4n) is 1.89. The van der Waals surface area contributed by atoms with Crippen LogP contribution in [0.25, 0.3) is 11.1 Å². The molecule has 0 radical (unpaired) electrons. The number of nitrogens with zero attached hydrogens (tertiary/aromatic N) is 2. The Bertz CT molecular complexity index is 802. The van der Waals surface area contributed by atoms with Crippen LogP contribution in [-0.2, 0) is 0 Å². The Morgan fingerprint density at radius 2 is 1.45 bits per heavy atom. The molecule has 114 valence electrons. The molecule has 10 heteroatoms.